The van der Waals surface area contributed by atoms with Crippen LogP contribution < -0.4 is 0 Å². The van der Waals surface area contributed by atoms with Crippen molar-refractivity contribution in [3.8, 4) is 0 Å². The SMILES string of the molecule is O=C(Cc1cnccn1)c1cc[nH]c1. The van der Waals surface area contributed by atoms with E-state index in [4.69, 9.17) is 0 Å². The lowest BCUT2D eigenvalue weighted by Gasteiger charge is -1.96. The van der Waals surface area contributed by atoms with Gasteiger partial charge >= 0.3 is 0 Å². The molecule has 14 heavy (non-hydrogen) atoms. The second-order valence-corrected chi connectivity index (χ2v) is 2.90. The minimum absolute atomic E-state index is 0.0479. The Morgan fingerprint density at radius 3 is 3.00 bits per heavy atom. The number of carbonyl (C=O) groups is 1. The van der Waals surface area contributed by atoms with Crippen LogP contribution in [0.15, 0.2) is 37.1 Å². The predicted molar refractivity (Wildman–Crippen MR) is 50.9 cm³/mol. The summed E-state index contributed by atoms with van der Waals surface area (Å²) in [6.07, 6.45) is 8.48. The molecule has 2 aromatic heterocycles. The van der Waals surface area contributed by atoms with Crippen LogP contribution in [0.1, 0.15) is 16.1 Å². The summed E-state index contributed by atoms with van der Waals surface area (Å²) in [4.78, 5) is 22.4. The van der Waals surface area contributed by atoms with Gasteiger partial charge in [-0.1, -0.05) is 0 Å². The first-order valence-electron chi connectivity index (χ1n) is 4.27. The lowest BCUT2D eigenvalue weighted by atomic mass is 10.1. The van der Waals surface area contributed by atoms with Gasteiger partial charge in [-0.2, -0.15) is 0 Å². The highest BCUT2D eigenvalue weighted by molar-refractivity contribution is 5.97. The van der Waals surface area contributed by atoms with Crippen LogP contribution in [0.5, 0.6) is 0 Å². The maximum atomic E-state index is 11.6. The number of hydrogen-bond acceptors (Lipinski definition) is 3. The van der Waals surface area contributed by atoms with Crippen LogP contribution in [-0.2, 0) is 6.42 Å². The topological polar surface area (TPSA) is 58.6 Å². The quantitative estimate of drug-likeness (QED) is 0.735. The van der Waals surface area contributed by atoms with Crippen molar-refractivity contribution in [2.75, 3.05) is 0 Å². The number of hydrogen-bond donors (Lipinski definition) is 1. The molecule has 70 valence electrons. The highest BCUT2D eigenvalue weighted by atomic mass is 16.1. The molecule has 0 aliphatic rings. The summed E-state index contributed by atoms with van der Waals surface area (Å²) in [7, 11) is 0. The molecular formula is C10H9N3O. The van der Waals surface area contributed by atoms with Crippen LogP contribution in [0.4, 0.5) is 0 Å². The van der Waals surface area contributed by atoms with Crippen LogP contribution in [0, 0.1) is 0 Å². The zero-order valence-corrected chi connectivity index (χ0v) is 7.47. The molecule has 0 saturated carbocycles. The number of carbonyl (C=O) groups excluding carboxylic acids is 1. The maximum absolute atomic E-state index is 11.6. The van der Waals surface area contributed by atoms with E-state index in [1.54, 1.807) is 37.1 Å². The summed E-state index contributed by atoms with van der Waals surface area (Å²) in [5.74, 6) is 0.0479. The molecular weight excluding hydrogens is 178 g/mol. The molecule has 2 aromatic rings. The summed E-state index contributed by atoms with van der Waals surface area (Å²) in [6, 6.07) is 1.75. The van der Waals surface area contributed by atoms with Gasteiger partial charge in [0, 0.05) is 36.5 Å². The van der Waals surface area contributed by atoms with Gasteiger partial charge in [-0.15, -0.1) is 0 Å². The van der Waals surface area contributed by atoms with Crippen molar-refractivity contribution < 1.29 is 4.79 Å². The zero-order valence-electron chi connectivity index (χ0n) is 7.47. The van der Waals surface area contributed by atoms with E-state index in [0.717, 1.165) is 0 Å². The van der Waals surface area contributed by atoms with Crippen molar-refractivity contribution >= 4 is 5.78 Å². The van der Waals surface area contributed by atoms with Crippen molar-refractivity contribution in [2.45, 2.75) is 6.42 Å². The van der Waals surface area contributed by atoms with Gasteiger partial charge in [-0.25, -0.2) is 0 Å². The molecule has 0 aliphatic heterocycles. The van der Waals surface area contributed by atoms with Gasteiger partial charge in [0.1, 0.15) is 0 Å². The number of rotatable bonds is 3. The van der Waals surface area contributed by atoms with Gasteiger partial charge in [0.2, 0.25) is 0 Å². The second-order valence-electron chi connectivity index (χ2n) is 2.90. The Morgan fingerprint density at radius 1 is 1.43 bits per heavy atom. The Bertz CT molecular complexity index is 408. The Labute approximate surface area is 81.0 Å². The number of H-pyrrole nitrogens is 1. The first-order chi connectivity index (χ1) is 6.86. The molecule has 4 heteroatoms. The second kappa shape index (κ2) is 3.83. The van der Waals surface area contributed by atoms with Crippen LogP contribution in [0.25, 0.3) is 0 Å². The zero-order chi connectivity index (χ0) is 9.80. The Kier molecular flexibility index (Phi) is 2.36. The fourth-order valence-electron chi connectivity index (χ4n) is 1.19. The van der Waals surface area contributed by atoms with Gasteiger partial charge in [0.25, 0.3) is 0 Å². The van der Waals surface area contributed by atoms with Crippen molar-refractivity contribution in [2.24, 2.45) is 0 Å². The van der Waals surface area contributed by atoms with Gasteiger partial charge < -0.3 is 4.98 Å². The molecule has 0 radical (unpaired) electrons. The lowest BCUT2D eigenvalue weighted by Crippen LogP contribution is -2.03. The van der Waals surface area contributed by atoms with E-state index in [2.05, 4.69) is 15.0 Å². The van der Waals surface area contributed by atoms with E-state index in [1.165, 1.54) is 0 Å². The monoisotopic (exact) mass is 187 g/mol. The summed E-state index contributed by atoms with van der Waals surface area (Å²) in [5, 5.41) is 0. The molecule has 2 heterocycles. The van der Waals surface area contributed by atoms with Crippen LogP contribution in [0.2, 0.25) is 0 Å². The van der Waals surface area contributed by atoms with Gasteiger partial charge in [-0.05, 0) is 6.07 Å². The van der Waals surface area contributed by atoms with Crippen LogP contribution >= 0.6 is 0 Å². The van der Waals surface area contributed by atoms with Crippen molar-refractivity contribution in [3.05, 3.63) is 48.3 Å². The normalized spacial score (nSPS) is 10.0. The highest BCUT2D eigenvalue weighted by Gasteiger charge is 2.07. The molecule has 0 saturated heterocycles. The predicted octanol–water partition coefficient (Wildman–Crippen LogP) is 1.23. The molecule has 0 aliphatic carbocycles. The molecule has 0 spiro atoms. The summed E-state index contributed by atoms with van der Waals surface area (Å²) in [6.45, 7) is 0. The van der Waals surface area contributed by atoms with Gasteiger partial charge in [0.05, 0.1) is 12.1 Å². The third-order valence-corrected chi connectivity index (χ3v) is 1.88. The minimum Gasteiger partial charge on any atom is -0.367 e. The Hall–Kier alpha value is -1.97. The first-order valence-corrected chi connectivity index (χ1v) is 4.27. The van der Waals surface area contributed by atoms with Crippen LogP contribution in [0.3, 0.4) is 0 Å². The number of aromatic amines is 1. The summed E-state index contributed by atoms with van der Waals surface area (Å²) < 4.78 is 0. The fourth-order valence-corrected chi connectivity index (χ4v) is 1.19. The van der Waals surface area contributed by atoms with Crippen molar-refractivity contribution in [1.29, 1.82) is 0 Å². The molecule has 2 rings (SSSR count). The van der Waals surface area contributed by atoms with E-state index >= 15 is 0 Å². The molecule has 0 fully saturated rings. The standard InChI is InChI=1S/C10H9N3O/c14-10(8-1-2-11-6-8)5-9-7-12-3-4-13-9/h1-4,6-7,11H,5H2. The number of ketones is 1. The molecule has 0 unspecified atom stereocenters. The number of aromatic nitrogens is 3. The lowest BCUT2D eigenvalue weighted by molar-refractivity contribution is 0.0992. The number of Topliss-reactive ketones (excluding diaryl/α,β-unsaturated/α-hetero) is 1. The summed E-state index contributed by atoms with van der Waals surface area (Å²) >= 11 is 0. The molecule has 0 amide bonds. The number of nitrogens with one attached hydrogen (secondary N) is 1. The maximum Gasteiger partial charge on any atom is 0.170 e. The first kappa shape index (κ1) is 8.62. The molecule has 0 atom stereocenters. The third kappa shape index (κ3) is 1.85. The number of nitrogens with zero attached hydrogens (tertiary/aromatic N) is 2. The average Bonchev–Trinajstić information content (AvgIpc) is 2.72. The van der Waals surface area contributed by atoms with Crippen molar-refractivity contribution in [1.82, 2.24) is 15.0 Å². The molecule has 1 N–H and O–H groups in total. The summed E-state index contributed by atoms with van der Waals surface area (Å²) in [5.41, 5.74) is 1.37. The molecule has 4 nitrogen and oxygen atoms in total. The average molecular weight is 187 g/mol. The van der Waals surface area contributed by atoms with Gasteiger partial charge in [0.15, 0.2) is 5.78 Å². The van der Waals surface area contributed by atoms with Gasteiger partial charge in [-0.3, -0.25) is 14.8 Å². The third-order valence-electron chi connectivity index (χ3n) is 1.88. The Morgan fingerprint density at radius 2 is 2.36 bits per heavy atom. The van der Waals surface area contributed by atoms with E-state index < -0.39 is 0 Å². The minimum atomic E-state index is 0.0479. The highest BCUT2D eigenvalue weighted by Crippen LogP contribution is 2.03. The largest absolute Gasteiger partial charge is 0.367 e. The van der Waals surface area contributed by atoms with E-state index in [9.17, 15) is 4.79 Å². The fraction of sp³-hybridized carbons (Fsp3) is 0.100. The van der Waals surface area contributed by atoms with E-state index in [1.807, 2.05) is 0 Å². The smallest absolute Gasteiger partial charge is 0.170 e. The molecule has 0 aromatic carbocycles. The van der Waals surface area contributed by atoms with E-state index in [-0.39, 0.29) is 5.78 Å². The van der Waals surface area contributed by atoms with Crippen LogP contribution in [-0.4, -0.2) is 20.7 Å². The molecule has 0 bridgehead atoms. The van der Waals surface area contributed by atoms with Crippen molar-refractivity contribution in [3.63, 3.8) is 0 Å². The Balaban J connectivity index is 2.10. The van der Waals surface area contributed by atoms with E-state index in [0.29, 0.717) is 17.7 Å².